The largest absolute Gasteiger partial charge is 0.333 e. The van der Waals surface area contributed by atoms with Gasteiger partial charge in [0, 0.05) is 44.0 Å². The fourth-order valence-electron chi connectivity index (χ4n) is 2.33. The number of amides is 1. The highest BCUT2D eigenvalue weighted by atomic mass is 35.5. The summed E-state index contributed by atoms with van der Waals surface area (Å²) in [5.41, 5.74) is 1.33. The highest BCUT2D eigenvalue weighted by Gasteiger charge is 2.17. The first-order valence-electron chi connectivity index (χ1n) is 7.72. The van der Waals surface area contributed by atoms with Gasteiger partial charge >= 0.3 is 0 Å². The smallest absolute Gasteiger partial charge is 0.255 e. The quantitative estimate of drug-likeness (QED) is 0.805. The normalized spacial score (nSPS) is 10.9. The second-order valence-electron chi connectivity index (χ2n) is 6.03. The lowest BCUT2D eigenvalue weighted by atomic mass is 10.2. The zero-order valence-corrected chi connectivity index (χ0v) is 15.0. The van der Waals surface area contributed by atoms with E-state index in [4.69, 9.17) is 11.6 Å². The lowest BCUT2D eigenvalue weighted by Gasteiger charge is -2.25. The Morgan fingerprint density at radius 1 is 1.17 bits per heavy atom. The summed E-state index contributed by atoms with van der Waals surface area (Å²) in [6.07, 6.45) is 1.57. The van der Waals surface area contributed by atoms with Crippen molar-refractivity contribution >= 4 is 17.5 Å². The third-order valence-electron chi connectivity index (χ3n) is 3.70. The number of carbonyl (C=O) groups is 1. The van der Waals surface area contributed by atoms with Crippen LogP contribution in [0.4, 0.5) is 0 Å². The molecule has 0 aliphatic rings. The summed E-state index contributed by atoms with van der Waals surface area (Å²) in [6.45, 7) is 1.80. The molecule has 0 bridgehead atoms. The maximum Gasteiger partial charge on any atom is 0.255 e. The van der Waals surface area contributed by atoms with Gasteiger partial charge in [0.15, 0.2) is 0 Å². The molecule has 0 N–H and O–H groups in total. The number of hydrogen-bond acceptors (Lipinski definition) is 3. The van der Waals surface area contributed by atoms with E-state index >= 15 is 0 Å². The minimum absolute atomic E-state index is 0.104. The first-order chi connectivity index (χ1) is 11.4. The maximum atomic E-state index is 12.9. The topological polar surface area (TPSA) is 45.6 Å². The van der Waals surface area contributed by atoms with E-state index in [2.05, 4.69) is 0 Å². The number of aromatic nitrogens is 1. The van der Waals surface area contributed by atoms with E-state index in [-0.39, 0.29) is 11.5 Å². The number of aryl methyl sites for hydroxylation is 1. The fourth-order valence-corrected chi connectivity index (χ4v) is 2.54. The Morgan fingerprint density at radius 2 is 1.92 bits per heavy atom. The van der Waals surface area contributed by atoms with Crippen LogP contribution in [0.2, 0.25) is 5.02 Å². The molecule has 0 spiro atoms. The molecule has 1 amide bonds. The number of halogens is 1. The summed E-state index contributed by atoms with van der Waals surface area (Å²) in [7, 11) is 5.57. The predicted octanol–water partition coefficient (Wildman–Crippen LogP) is 2.24. The minimum atomic E-state index is -0.138. The lowest BCUT2D eigenvalue weighted by Crippen LogP contribution is -2.36. The number of likely N-dealkylation sites (N-methyl/N-ethyl adjacent to an activating group) is 1. The van der Waals surface area contributed by atoms with Crippen molar-refractivity contribution in [3.05, 3.63) is 69.1 Å². The second-order valence-corrected chi connectivity index (χ2v) is 6.46. The maximum absolute atomic E-state index is 12.9. The molecule has 0 aliphatic heterocycles. The van der Waals surface area contributed by atoms with Crippen LogP contribution in [-0.2, 0) is 13.6 Å². The average Bonchev–Trinajstić information content (AvgIpc) is 2.53. The Morgan fingerprint density at radius 3 is 2.54 bits per heavy atom. The van der Waals surface area contributed by atoms with Crippen LogP contribution in [0.1, 0.15) is 15.9 Å². The number of hydrogen-bond donors (Lipinski definition) is 0. The molecule has 128 valence electrons. The predicted molar refractivity (Wildman–Crippen MR) is 96.4 cm³/mol. The zero-order valence-electron chi connectivity index (χ0n) is 14.2. The van der Waals surface area contributed by atoms with Crippen LogP contribution in [0.3, 0.4) is 0 Å². The van der Waals surface area contributed by atoms with Crippen LogP contribution in [0.5, 0.6) is 0 Å². The number of carbonyl (C=O) groups excluding carboxylic acids is 1. The molecule has 2 rings (SSSR count). The summed E-state index contributed by atoms with van der Waals surface area (Å²) in [6, 6.07) is 10.5. The van der Waals surface area contributed by atoms with E-state index < -0.39 is 0 Å². The van der Waals surface area contributed by atoms with Crippen LogP contribution >= 0.6 is 11.6 Å². The molecule has 1 heterocycles. The van der Waals surface area contributed by atoms with E-state index in [9.17, 15) is 9.59 Å². The van der Waals surface area contributed by atoms with Crippen LogP contribution < -0.4 is 5.56 Å². The number of nitrogens with zero attached hydrogens (tertiary/aromatic N) is 3. The summed E-state index contributed by atoms with van der Waals surface area (Å²) < 4.78 is 1.41. The van der Waals surface area contributed by atoms with Crippen molar-refractivity contribution in [3.8, 4) is 0 Å². The molecule has 5 nitrogen and oxygen atoms in total. The van der Waals surface area contributed by atoms with Gasteiger partial charge in [0.2, 0.25) is 5.56 Å². The molecule has 1 aromatic carbocycles. The Kier molecular flexibility index (Phi) is 6.17. The number of rotatable bonds is 6. The summed E-state index contributed by atoms with van der Waals surface area (Å²) in [5, 5.41) is 0.648. The first-order valence-corrected chi connectivity index (χ1v) is 8.10. The Labute approximate surface area is 147 Å². The van der Waals surface area contributed by atoms with Gasteiger partial charge in [-0.3, -0.25) is 9.59 Å². The molecule has 0 aliphatic carbocycles. The van der Waals surface area contributed by atoms with Gasteiger partial charge in [-0.15, -0.1) is 0 Å². The van der Waals surface area contributed by atoms with Gasteiger partial charge in [-0.25, -0.2) is 0 Å². The molecular formula is C18H22ClN3O2. The van der Waals surface area contributed by atoms with Crippen molar-refractivity contribution in [1.29, 1.82) is 0 Å². The first kappa shape index (κ1) is 18.2. The molecule has 1 aromatic heterocycles. The van der Waals surface area contributed by atoms with E-state index in [0.29, 0.717) is 23.7 Å². The SMILES string of the molecule is CN(C)CCN(Cc1cccc(Cl)c1)C(=O)c1ccc(=O)n(C)c1. The highest BCUT2D eigenvalue weighted by molar-refractivity contribution is 6.30. The van der Waals surface area contributed by atoms with Crippen molar-refractivity contribution in [2.75, 3.05) is 27.2 Å². The van der Waals surface area contributed by atoms with Gasteiger partial charge in [-0.2, -0.15) is 0 Å². The minimum Gasteiger partial charge on any atom is -0.333 e. The van der Waals surface area contributed by atoms with Crippen LogP contribution in [0.25, 0.3) is 0 Å². The van der Waals surface area contributed by atoms with Crippen molar-refractivity contribution in [3.63, 3.8) is 0 Å². The van der Waals surface area contributed by atoms with Crippen molar-refractivity contribution in [2.45, 2.75) is 6.54 Å². The standard InChI is InChI=1S/C18H22ClN3O2/c1-20(2)9-10-22(12-14-5-4-6-16(19)11-14)18(24)15-7-8-17(23)21(3)13-15/h4-8,11,13H,9-10,12H2,1-3H3. The third-order valence-corrected chi connectivity index (χ3v) is 3.93. The van der Waals surface area contributed by atoms with Crippen molar-refractivity contribution in [1.82, 2.24) is 14.4 Å². The lowest BCUT2D eigenvalue weighted by molar-refractivity contribution is 0.0731. The van der Waals surface area contributed by atoms with Crippen molar-refractivity contribution in [2.24, 2.45) is 7.05 Å². The molecule has 24 heavy (non-hydrogen) atoms. The number of benzene rings is 1. The van der Waals surface area contributed by atoms with Crippen LogP contribution in [0.15, 0.2) is 47.4 Å². The fraction of sp³-hybridized carbons (Fsp3) is 0.333. The number of pyridine rings is 1. The molecule has 2 aromatic rings. The van der Waals surface area contributed by atoms with E-state index in [1.54, 1.807) is 24.2 Å². The van der Waals surface area contributed by atoms with E-state index in [1.165, 1.54) is 10.6 Å². The van der Waals surface area contributed by atoms with E-state index in [1.807, 2.05) is 43.3 Å². The van der Waals surface area contributed by atoms with E-state index in [0.717, 1.165) is 12.1 Å². The molecule has 6 heteroatoms. The third kappa shape index (κ3) is 4.94. The van der Waals surface area contributed by atoms with Gasteiger partial charge in [0.25, 0.3) is 5.91 Å². The average molecular weight is 348 g/mol. The van der Waals surface area contributed by atoms with Gasteiger partial charge in [-0.05, 0) is 37.9 Å². The molecule has 0 atom stereocenters. The molecule has 0 saturated carbocycles. The van der Waals surface area contributed by atoms with Gasteiger partial charge in [0.1, 0.15) is 0 Å². The van der Waals surface area contributed by atoms with Gasteiger partial charge in [0.05, 0.1) is 5.56 Å². The Balaban J connectivity index is 2.25. The molecule has 0 unspecified atom stereocenters. The van der Waals surface area contributed by atoms with Crippen LogP contribution in [-0.4, -0.2) is 47.5 Å². The summed E-state index contributed by atoms with van der Waals surface area (Å²) in [4.78, 5) is 28.2. The Hall–Kier alpha value is -2.11. The molecule has 0 saturated heterocycles. The second kappa shape index (κ2) is 8.13. The summed E-state index contributed by atoms with van der Waals surface area (Å²) in [5.74, 6) is -0.104. The van der Waals surface area contributed by atoms with Crippen LogP contribution in [0, 0.1) is 0 Å². The monoisotopic (exact) mass is 347 g/mol. The van der Waals surface area contributed by atoms with Crippen molar-refractivity contribution < 1.29 is 4.79 Å². The molecular weight excluding hydrogens is 326 g/mol. The zero-order chi connectivity index (χ0) is 17.7. The van der Waals surface area contributed by atoms with Gasteiger partial charge in [-0.1, -0.05) is 23.7 Å². The molecule has 0 radical (unpaired) electrons. The van der Waals surface area contributed by atoms with Gasteiger partial charge < -0.3 is 14.4 Å². The Bertz CT molecular complexity index is 771. The molecule has 0 fully saturated rings. The highest BCUT2D eigenvalue weighted by Crippen LogP contribution is 2.14. The summed E-state index contributed by atoms with van der Waals surface area (Å²) >= 11 is 6.04.